The topological polar surface area (TPSA) is 63.4 Å². The molecule has 0 bridgehead atoms. The average molecular weight is 322 g/mol. The van der Waals surface area contributed by atoms with Crippen molar-refractivity contribution < 1.29 is 8.42 Å². The van der Waals surface area contributed by atoms with E-state index in [1.165, 1.54) is 9.18 Å². The second-order valence-electron chi connectivity index (χ2n) is 5.43. The van der Waals surface area contributed by atoms with Crippen molar-refractivity contribution in [2.24, 2.45) is 0 Å². The molecule has 0 amide bonds. The summed E-state index contributed by atoms with van der Waals surface area (Å²) in [6.45, 7) is 4.79. The highest BCUT2D eigenvalue weighted by molar-refractivity contribution is 7.89. The Labute approximate surface area is 129 Å². The van der Waals surface area contributed by atoms with Crippen molar-refractivity contribution in [2.75, 3.05) is 12.3 Å². The van der Waals surface area contributed by atoms with E-state index >= 15 is 0 Å². The summed E-state index contributed by atoms with van der Waals surface area (Å²) in [5, 5.41) is 2.02. The minimum Gasteiger partial charge on any atom is -0.398 e. The highest BCUT2D eigenvalue weighted by atomic mass is 32.2. The third-order valence-electron chi connectivity index (χ3n) is 4.02. The molecule has 1 aliphatic rings. The van der Waals surface area contributed by atoms with E-state index in [1.54, 1.807) is 23.5 Å². The van der Waals surface area contributed by atoms with Crippen LogP contribution in [-0.2, 0) is 23.0 Å². The number of nitrogens with zero attached hydrogens (tertiary/aromatic N) is 1. The van der Waals surface area contributed by atoms with Gasteiger partial charge in [-0.1, -0.05) is 0 Å². The number of benzene rings is 1. The number of thiophene rings is 1. The summed E-state index contributed by atoms with van der Waals surface area (Å²) in [6, 6.07) is 5.43. The van der Waals surface area contributed by atoms with E-state index in [9.17, 15) is 8.42 Å². The zero-order valence-corrected chi connectivity index (χ0v) is 13.7. The van der Waals surface area contributed by atoms with Crippen molar-refractivity contribution >= 4 is 27.0 Å². The van der Waals surface area contributed by atoms with Crippen LogP contribution in [0.5, 0.6) is 0 Å². The Morgan fingerprint density at radius 1 is 1.24 bits per heavy atom. The van der Waals surface area contributed by atoms with E-state index in [-0.39, 0.29) is 4.90 Å². The number of aryl methyl sites for hydroxylation is 2. The third kappa shape index (κ3) is 2.47. The lowest BCUT2D eigenvalue weighted by molar-refractivity contribution is 0.394. The van der Waals surface area contributed by atoms with Crippen LogP contribution in [-0.4, -0.2) is 19.3 Å². The van der Waals surface area contributed by atoms with Crippen LogP contribution < -0.4 is 5.73 Å². The second-order valence-corrected chi connectivity index (χ2v) is 8.34. The summed E-state index contributed by atoms with van der Waals surface area (Å²) in [4.78, 5) is 1.51. The number of rotatable bonds is 2. The molecule has 2 aromatic rings. The van der Waals surface area contributed by atoms with E-state index in [2.05, 4.69) is 0 Å². The lowest BCUT2D eigenvalue weighted by atomic mass is 10.1. The summed E-state index contributed by atoms with van der Waals surface area (Å²) >= 11 is 1.70. The number of nitrogens with two attached hydrogens (primary N) is 1. The van der Waals surface area contributed by atoms with Crippen LogP contribution in [0.25, 0.3) is 0 Å². The third-order valence-corrected chi connectivity index (χ3v) is 6.94. The SMILES string of the molecule is Cc1cc(N)c(S(=O)(=O)N2CCc3sccc3C2)cc1C. The summed E-state index contributed by atoms with van der Waals surface area (Å²) in [6.07, 6.45) is 0.775. The molecule has 0 unspecified atom stereocenters. The zero-order valence-electron chi connectivity index (χ0n) is 12.1. The zero-order chi connectivity index (χ0) is 15.2. The van der Waals surface area contributed by atoms with Crippen LogP contribution in [0.2, 0.25) is 0 Å². The van der Waals surface area contributed by atoms with Gasteiger partial charge in [0.05, 0.1) is 5.69 Å². The van der Waals surface area contributed by atoms with Crippen molar-refractivity contribution in [2.45, 2.75) is 31.7 Å². The molecular formula is C15H18N2O2S2. The Morgan fingerprint density at radius 2 is 1.95 bits per heavy atom. The smallest absolute Gasteiger partial charge is 0.245 e. The first-order valence-electron chi connectivity index (χ1n) is 6.81. The number of hydrogen-bond donors (Lipinski definition) is 1. The molecular weight excluding hydrogens is 304 g/mol. The van der Waals surface area contributed by atoms with Gasteiger partial charge in [0.1, 0.15) is 4.90 Å². The fraction of sp³-hybridized carbons (Fsp3) is 0.333. The summed E-state index contributed by atoms with van der Waals surface area (Å²) in [5.41, 5.74) is 9.34. The largest absolute Gasteiger partial charge is 0.398 e. The maximum absolute atomic E-state index is 12.9. The normalized spacial score (nSPS) is 15.9. The van der Waals surface area contributed by atoms with Gasteiger partial charge >= 0.3 is 0 Å². The van der Waals surface area contributed by atoms with Gasteiger partial charge in [0.2, 0.25) is 10.0 Å². The van der Waals surface area contributed by atoms with Crippen LogP contribution in [0.3, 0.4) is 0 Å². The van der Waals surface area contributed by atoms with Gasteiger partial charge < -0.3 is 5.73 Å². The summed E-state index contributed by atoms with van der Waals surface area (Å²) < 4.78 is 27.2. The highest BCUT2D eigenvalue weighted by Gasteiger charge is 2.30. The van der Waals surface area contributed by atoms with E-state index in [0.29, 0.717) is 18.8 Å². The van der Waals surface area contributed by atoms with Gasteiger partial charge in [-0.15, -0.1) is 11.3 Å². The lowest BCUT2D eigenvalue weighted by Crippen LogP contribution is -2.35. The number of sulfonamides is 1. The number of nitrogen functional groups attached to an aromatic ring is 1. The van der Waals surface area contributed by atoms with Crippen LogP contribution in [0, 0.1) is 13.8 Å². The van der Waals surface area contributed by atoms with Gasteiger partial charge in [0.25, 0.3) is 0 Å². The van der Waals surface area contributed by atoms with E-state index in [1.807, 2.05) is 25.3 Å². The molecule has 0 aliphatic carbocycles. The predicted molar refractivity (Wildman–Crippen MR) is 85.9 cm³/mol. The van der Waals surface area contributed by atoms with Crippen LogP contribution >= 0.6 is 11.3 Å². The standard InChI is InChI=1S/C15H18N2O2S2/c1-10-7-13(16)15(8-11(10)2)21(18,19)17-5-3-14-12(9-17)4-6-20-14/h4,6-8H,3,5,9,16H2,1-2H3. The second kappa shape index (κ2) is 5.12. The molecule has 21 heavy (non-hydrogen) atoms. The van der Waals surface area contributed by atoms with Gasteiger partial charge in [0, 0.05) is 18.0 Å². The van der Waals surface area contributed by atoms with Crippen molar-refractivity contribution in [3.05, 3.63) is 45.1 Å². The minimum absolute atomic E-state index is 0.226. The fourth-order valence-corrected chi connectivity index (χ4v) is 5.09. The quantitative estimate of drug-likeness (QED) is 0.865. The summed E-state index contributed by atoms with van der Waals surface area (Å²) in [7, 11) is -3.54. The molecule has 0 fully saturated rings. The van der Waals surface area contributed by atoms with Gasteiger partial charge in [-0.2, -0.15) is 4.31 Å². The number of anilines is 1. The monoisotopic (exact) mass is 322 g/mol. The van der Waals surface area contributed by atoms with Gasteiger partial charge in [0.15, 0.2) is 0 Å². The maximum Gasteiger partial charge on any atom is 0.245 e. The molecule has 0 saturated heterocycles. The van der Waals surface area contributed by atoms with Crippen molar-refractivity contribution in [3.63, 3.8) is 0 Å². The first kappa shape index (κ1) is 14.6. The Morgan fingerprint density at radius 3 is 2.71 bits per heavy atom. The Hall–Kier alpha value is -1.37. The van der Waals surface area contributed by atoms with Crippen molar-refractivity contribution in [1.29, 1.82) is 0 Å². The minimum atomic E-state index is -3.54. The molecule has 3 rings (SSSR count). The first-order chi connectivity index (χ1) is 9.89. The molecule has 112 valence electrons. The van der Waals surface area contributed by atoms with E-state index in [0.717, 1.165) is 23.1 Å². The Kier molecular flexibility index (Phi) is 3.55. The Balaban J connectivity index is 2.00. The Bertz CT molecular complexity index is 794. The summed E-state index contributed by atoms with van der Waals surface area (Å²) in [5.74, 6) is 0. The van der Waals surface area contributed by atoms with Crippen LogP contribution in [0.15, 0.2) is 28.5 Å². The molecule has 6 heteroatoms. The van der Waals surface area contributed by atoms with Gasteiger partial charge in [-0.05, 0) is 60.5 Å². The van der Waals surface area contributed by atoms with Crippen LogP contribution in [0.4, 0.5) is 5.69 Å². The highest BCUT2D eigenvalue weighted by Crippen LogP contribution is 2.31. The molecule has 1 aromatic heterocycles. The molecule has 2 heterocycles. The van der Waals surface area contributed by atoms with Crippen LogP contribution in [0.1, 0.15) is 21.6 Å². The molecule has 4 nitrogen and oxygen atoms in total. The van der Waals surface area contributed by atoms with E-state index < -0.39 is 10.0 Å². The first-order valence-corrected chi connectivity index (χ1v) is 9.13. The lowest BCUT2D eigenvalue weighted by Gasteiger charge is -2.27. The average Bonchev–Trinajstić information content (AvgIpc) is 2.90. The van der Waals surface area contributed by atoms with E-state index in [4.69, 9.17) is 5.73 Å². The van der Waals surface area contributed by atoms with Gasteiger partial charge in [-0.3, -0.25) is 0 Å². The fourth-order valence-electron chi connectivity index (χ4n) is 2.60. The van der Waals surface area contributed by atoms with Crippen molar-refractivity contribution in [1.82, 2.24) is 4.31 Å². The van der Waals surface area contributed by atoms with Gasteiger partial charge in [-0.25, -0.2) is 8.42 Å². The molecule has 0 spiro atoms. The molecule has 2 N–H and O–H groups in total. The molecule has 0 saturated carbocycles. The molecule has 0 atom stereocenters. The predicted octanol–water partition coefficient (Wildman–Crippen LogP) is 2.69. The molecule has 1 aliphatic heterocycles. The number of fused-ring (bicyclic) bond motifs is 1. The maximum atomic E-state index is 12.9. The van der Waals surface area contributed by atoms with Crippen molar-refractivity contribution in [3.8, 4) is 0 Å². The number of hydrogen-bond acceptors (Lipinski definition) is 4. The molecule has 1 aromatic carbocycles. The molecule has 0 radical (unpaired) electrons.